The van der Waals surface area contributed by atoms with Gasteiger partial charge in [-0.3, -0.25) is 14.5 Å². The number of anilines is 1. The van der Waals surface area contributed by atoms with Crippen molar-refractivity contribution in [1.29, 1.82) is 0 Å². The number of thiazole rings is 1. The van der Waals surface area contributed by atoms with Gasteiger partial charge in [-0.1, -0.05) is 23.5 Å². The van der Waals surface area contributed by atoms with Gasteiger partial charge in [-0.2, -0.15) is 0 Å². The molecular formula is C27H21FN2O5S. The van der Waals surface area contributed by atoms with Crippen molar-refractivity contribution in [2.75, 3.05) is 18.6 Å². The van der Waals surface area contributed by atoms with Crippen LogP contribution in [0.15, 0.2) is 72.3 Å². The van der Waals surface area contributed by atoms with Crippen molar-refractivity contribution in [3.05, 3.63) is 89.2 Å². The van der Waals surface area contributed by atoms with Gasteiger partial charge in [0.2, 0.25) is 0 Å². The molecule has 1 fully saturated rings. The summed E-state index contributed by atoms with van der Waals surface area (Å²) in [5.41, 5.74) is 1.37. The van der Waals surface area contributed by atoms with Gasteiger partial charge in [0.05, 0.1) is 35.5 Å². The van der Waals surface area contributed by atoms with Gasteiger partial charge in [0.1, 0.15) is 23.1 Å². The minimum Gasteiger partial charge on any atom is -0.507 e. The van der Waals surface area contributed by atoms with Gasteiger partial charge in [-0.25, -0.2) is 9.37 Å². The number of aliphatic hydroxyl groups is 1. The Labute approximate surface area is 210 Å². The first-order valence-corrected chi connectivity index (χ1v) is 12.0. The molecule has 182 valence electrons. The Balaban J connectivity index is 1.68. The fraction of sp³-hybridized carbons (Fsp3) is 0.148. The first kappa shape index (κ1) is 23.5. The van der Waals surface area contributed by atoms with Crippen LogP contribution in [-0.2, 0) is 9.59 Å². The molecule has 1 saturated heterocycles. The number of rotatable bonds is 6. The number of halogens is 1. The maximum atomic E-state index is 13.8. The molecule has 5 rings (SSSR count). The van der Waals surface area contributed by atoms with E-state index in [9.17, 15) is 19.1 Å². The molecule has 0 radical (unpaired) electrons. The number of fused-ring (bicyclic) bond motifs is 1. The first-order valence-electron chi connectivity index (χ1n) is 11.2. The van der Waals surface area contributed by atoms with Crippen LogP contribution in [0.5, 0.6) is 11.5 Å². The molecule has 0 aliphatic carbocycles. The van der Waals surface area contributed by atoms with Crippen molar-refractivity contribution >= 4 is 44.1 Å². The van der Waals surface area contributed by atoms with Crippen LogP contribution < -0.4 is 14.4 Å². The lowest BCUT2D eigenvalue weighted by Gasteiger charge is -2.23. The molecule has 0 unspecified atom stereocenters. The van der Waals surface area contributed by atoms with Gasteiger partial charge in [-0.05, 0) is 67.1 Å². The molecule has 1 aliphatic rings. The summed E-state index contributed by atoms with van der Waals surface area (Å²) in [6.45, 7) is 2.35. The zero-order chi connectivity index (χ0) is 25.4. The van der Waals surface area contributed by atoms with E-state index in [0.717, 1.165) is 11.3 Å². The Morgan fingerprint density at radius 2 is 1.75 bits per heavy atom. The van der Waals surface area contributed by atoms with Crippen LogP contribution >= 0.6 is 11.3 Å². The van der Waals surface area contributed by atoms with E-state index in [1.165, 1.54) is 30.2 Å². The van der Waals surface area contributed by atoms with Gasteiger partial charge < -0.3 is 14.6 Å². The van der Waals surface area contributed by atoms with Crippen molar-refractivity contribution in [3.8, 4) is 11.5 Å². The number of aromatic nitrogens is 1. The highest BCUT2D eigenvalue weighted by Gasteiger charge is 2.48. The summed E-state index contributed by atoms with van der Waals surface area (Å²) in [6.07, 6.45) is 0. The average molecular weight is 505 g/mol. The lowest BCUT2D eigenvalue weighted by atomic mass is 9.95. The predicted molar refractivity (Wildman–Crippen MR) is 135 cm³/mol. The zero-order valence-electron chi connectivity index (χ0n) is 19.4. The number of hydrogen-bond donors (Lipinski definition) is 1. The number of carbonyl (C=O) groups excluding carboxylic acids is 2. The van der Waals surface area contributed by atoms with Gasteiger partial charge >= 0.3 is 5.91 Å². The normalized spacial score (nSPS) is 17.1. The minimum atomic E-state index is -0.951. The summed E-state index contributed by atoms with van der Waals surface area (Å²) in [5.74, 6) is -1.20. The SMILES string of the molecule is CCOc1ccc(C(O)=C2C(=O)C(=O)N(c3nc4ccc(F)cc4s3)[C@H]2c2ccc(OC)cc2)cc1. The van der Waals surface area contributed by atoms with E-state index in [4.69, 9.17) is 9.47 Å². The number of ether oxygens (including phenoxy) is 2. The van der Waals surface area contributed by atoms with Crippen LogP contribution in [0.2, 0.25) is 0 Å². The molecular weight excluding hydrogens is 483 g/mol. The van der Waals surface area contributed by atoms with Crippen molar-refractivity contribution in [2.45, 2.75) is 13.0 Å². The van der Waals surface area contributed by atoms with E-state index in [-0.39, 0.29) is 16.5 Å². The second-order valence-corrected chi connectivity index (χ2v) is 9.02. The molecule has 3 aromatic carbocycles. The zero-order valence-corrected chi connectivity index (χ0v) is 20.2. The quantitative estimate of drug-likeness (QED) is 0.213. The molecule has 4 aromatic rings. The van der Waals surface area contributed by atoms with Crippen LogP contribution in [0.1, 0.15) is 24.1 Å². The van der Waals surface area contributed by atoms with E-state index < -0.39 is 23.5 Å². The number of methoxy groups -OCH3 is 1. The molecule has 0 bridgehead atoms. The van der Waals surface area contributed by atoms with E-state index in [2.05, 4.69) is 4.98 Å². The Kier molecular flexibility index (Phi) is 6.15. The molecule has 0 spiro atoms. The number of aliphatic hydroxyl groups excluding tert-OH is 1. The summed E-state index contributed by atoms with van der Waals surface area (Å²) < 4.78 is 25.0. The summed E-state index contributed by atoms with van der Waals surface area (Å²) in [7, 11) is 1.53. The van der Waals surface area contributed by atoms with Gasteiger partial charge in [0.15, 0.2) is 5.13 Å². The second-order valence-electron chi connectivity index (χ2n) is 8.01. The number of nitrogens with zero attached hydrogens (tertiary/aromatic N) is 2. The van der Waals surface area contributed by atoms with Crippen LogP contribution in [0.4, 0.5) is 9.52 Å². The smallest absolute Gasteiger partial charge is 0.301 e. The number of Topliss-reactive ketones (excluding diaryl/α,β-unsaturated/α-hetero) is 1. The van der Waals surface area contributed by atoms with Crippen LogP contribution in [-0.4, -0.2) is 35.5 Å². The maximum Gasteiger partial charge on any atom is 0.301 e. The number of amides is 1. The lowest BCUT2D eigenvalue weighted by Crippen LogP contribution is -2.29. The van der Waals surface area contributed by atoms with Gasteiger partial charge in [0.25, 0.3) is 5.78 Å². The predicted octanol–water partition coefficient (Wildman–Crippen LogP) is 5.47. The van der Waals surface area contributed by atoms with Crippen molar-refractivity contribution in [2.24, 2.45) is 0 Å². The Bertz CT molecular complexity index is 1500. The van der Waals surface area contributed by atoms with Gasteiger partial charge in [-0.15, -0.1) is 0 Å². The van der Waals surface area contributed by atoms with E-state index >= 15 is 0 Å². The minimum absolute atomic E-state index is 0.0697. The number of benzene rings is 3. The Hall–Kier alpha value is -4.24. The average Bonchev–Trinajstić information content (AvgIpc) is 3.42. The third-order valence-corrected chi connectivity index (χ3v) is 6.88. The van der Waals surface area contributed by atoms with Gasteiger partial charge in [0, 0.05) is 5.56 Å². The van der Waals surface area contributed by atoms with Crippen molar-refractivity contribution < 1.29 is 28.6 Å². The monoisotopic (exact) mass is 504 g/mol. The van der Waals surface area contributed by atoms with Crippen LogP contribution in [0.25, 0.3) is 16.0 Å². The first-order chi connectivity index (χ1) is 17.4. The fourth-order valence-electron chi connectivity index (χ4n) is 4.15. The molecule has 1 amide bonds. The van der Waals surface area contributed by atoms with Crippen molar-refractivity contribution in [1.82, 2.24) is 4.98 Å². The number of ketones is 1. The largest absolute Gasteiger partial charge is 0.507 e. The lowest BCUT2D eigenvalue weighted by molar-refractivity contribution is -0.132. The van der Waals surface area contributed by atoms with E-state index in [0.29, 0.717) is 39.4 Å². The molecule has 1 aliphatic heterocycles. The molecule has 1 N–H and O–H groups in total. The molecule has 2 heterocycles. The second kappa shape index (κ2) is 9.43. The number of hydrogen-bond acceptors (Lipinski definition) is 7. The summed E-state index contributed by atoms with van der Waals surface area (Å²) >= 11 is 1.09. The fourth-order valence-corrected chi connectivity index (χ4v) is 5.17. The summed E-state index contributed by atoms with van der Waals surface area (Å²) in [5, 5.41) is 11.5. The summed E-state index contributed by atoms with van der Waals surface area (Å²) in [6, 6.07) is 16.7. The summed E-state index contributed by atoms with van der Waals surface area (Å²) in [4.78, 5) is 32.4. The molecule has 7 nitrogen and oxygen atoms in total. The highest BCUT2D eigenvalue weighted by molar-refractivity contribution is 7.22. The molecule has 36 heavy (non-hydrogen) atoms. The molecule has 0 saturated carbocycles. The highest BCUT2D eigenvalue weighted by Crippen LogP contribution is 2.44. The van der Waals surface area contributed by atoms with Crippen LogP contribution in [0, 0.1) is 5.82 Å². The van der Waals surface area contributed by atoms with Crippen LogP contribution in [0.3, 0.4) is 0 Å². The maximum absolute atomic E-state index is 13.8. The molecule has 9 heteroatoms. The highest BCUT2D eigenvalue weighted by atomic mass is 32.1. The molecule has 1 aromatic heterocycles. The van der Waals surface area contributed by atoms with E-state index in [1.54, 1.807) is 48.5 Å². The van der Waals surface area contributed by atoms with Crippen molar-refractivity contribution in [3.63, 3.8) is 0 Å². The topological polar surface area (TPSA) is 89.0 Å². The molecule has 1 atom stereocenters. The standard InChI is InChI=1S/C27H21FN2O5S/c1-3-35-19-11-6-16(7-12-19)24(31)22-23(15-4-9-18(34-2)10-5-15)30(26(33)25(22)32)27-29-20-13-8-17(28)14-21(20)36-27/h4-14,23,31H,3H2,1-2H3/t23-/m0/s1. The Morgan fingerprint density at radius 1 is 1.06 bits per heavy atom. The third kappa shape index (κ3) is 4.07. The number of carbonyl (C=O) groups is 2. The Morgan fingerprint density at radius 3 is 2.42 bits per heavy atom. The van der Waals surface area contributed by atoms with E-state index in [1.807, 2.05) is 6.92 Å². The third-order valence-electron chi connectivity index (χ3n) is 5.86.